The normalized spacial score (nSPS) is 13.2. The fraction of sp³-hybridized carbons (Fsp3) is 0.778. The van der Waals surface area contributed by atoms with Gasteiger partial charge in [0.2, 0.25) is 0 Å². The molecule has 14 heavy (non-hydrogen) atoms. The van der Waals surface area contributed by atoms with Crippen molar-refractivity contribution in [3.63, 3.8) is 0 Å². The maximum atomic E-state index is 11.4. The Morgan fingerprint density at radius 2 is 2.00 bits per heavy atom. The molecule has 0 saturated heterocycles. The van der Waals surface area contributed by atoms with Crippen molar-refractivity contribution in [2.24, 2.45) is 0 Å². The van der Waals surface area contributed by atoms with E-state index in [4.69, 9.17) is 0 Å². The van der Waals surface area contributed by atoms with Crippen LogP contribution in [-0.2, 0) is 9.53 Å². The van der Waals surface area contributed by atoms with Crippen LogP contribution in [0, 0.1) is 0 Å². The minimum Gasteiger partial charge on any atom is -0.453 e. The fourth-order valence-corrected chi connectivity index (χ4v) is 1.03. The second kappa shape index (κ2) is 4.95. The summed E-state index contributed by atoms with van der Waals surface area (Å²) in [6.07, 6.45) is -0.475. The van der Waals surface area contributed by atoms with Crippen molar-refractivity contribution in [1.82, 2.24) is 5.32 Å². The van der Waals surface area contributed by atoms with Crippen LogP contribution in [0.5, 0.6) is 0 Å². The highest BCUT2D eigenvalue weighted by molar-refractivity contribution is 5.88. The van der Waals surface area contributed by atoms with E-state index >= 15 is 0 Å². The molecular weight excluding hydrogens is 186 g/mol. The summed E-state index contributed by atoms with van der Waals surface area (Å²) in [6, 6.07) is -0.931. The van der Waals surface area contributed by atoms with E-state index in [2.05, 4.69) is 10.1 Å². The van der Waals surface area contributed by atoms with Crippen LogP contribution in [0.3, 0.4) is 0 Å². The van der Waals surface area contributed by atoms with E-state index in [-0.39, 0.29) is 12.2 Å². The summed E-state index contributed by atoms with van der Waals surface area (Å²) in [5, 5.41) is 11.9. The maximum Gasteiger partial charge on any atom is 0.407 e. The number of hydrogen-bond donors (Lipinski definition) is 2. The van der Waals surface area contributed by atoms with Crippen LogP contribution in [-0.4, -0.2) is 35.7 Å². The highest BCUT2D eigenvalue weighted by atomic mass is 16.5. The third-order valence-electron chi connectivity index (χ3n) is 1.82. The molecule has 0 aliphatic carbocycles. The number of carbonyl (C=O) groups is 2. The van der Waals surface area contributed by atoms with E-state index in [1.165, 1.54) is 21.0 Å². The molecule has 5 heteroatoms. The molecule has 1 atom stereocenters. The molecule has 0 aromatic carbocycles. The Morgan fingerprint density at radius 1 is 1.50 bits per heavy atom. The molecule has 0 heterocycles. The molecule has 0 aromatic heterocycles. The Kier molecular flexibility index (Phi) is 4.56. The van der Waals surface area contributed by atoms with Crippen LogP contribution in [0.15, 0.2) is 0 Å². The van der Waals surface area contributed by atoms with Gasteiger partial charge in [-0.25, -0.2) is 4.79 Å². The fourth-order valence-electron chi connectivity index (χ4n) is 1.03. The smallest absolute Gasteiger partial charge is 0.407 e. The van der Waals surface area contributed by atoms with Crippen molar-refractivity contribution in [3.8, 4) is 0 Å². The summed E-state index contributed by atoms with van der Waals surface area (Å²) in [7, 11) is 1.20. The van der Waals surface area contributed by atoms with Crippen LogP contribution in [0.4, 0.5) is 4.79 Å². The van der Waals surface area contributed by atoms with Crippen molar-refractivity contribution >= 4 is 11.9 Å². The van der Waals surface area contributed by atoms with Gasteiger partial charge in [0, 0.05) is 6.42 Å². The molecule has 1 amide bonds. The third-order valence-corrected chi connectivity index (χ3v) is 1.82. The first-order valence-corrected chi connectivity index (χ1v) is 4.42. The molecular formula is C9H17NO4. The SMILES string of the molecule is CCC(=O)C(NC(=O)OC)C(C)(C)O. The molecule has 1 unspecified atom stereocenters. The lowest BCUT2D eigenvalue weighted by Crippen LogP contribution is -2.53. The zero-order valence-electron chi connectivity index (χ0n) is 8.96. The predicted octanol–water partition coefficient (Wildman–Crippen LogP) is 0.461. The standard InChI is InChI=1S/C9H17NO4/c1-5-6(11)7(9(2,3)13)10-8(12)14-4/h7,13H,5H2,1-4H3,(H,10,12). The molecule has 0 aromatic rings. The maximum absolute atomic E-state index is 11.4. The lowest BCUT2D eigenvalue weighted by Gasteiger charge is -2.27. The van der Waals surface area contributed by atoms with Crippen molar-refractivity contribution in [1.29, 1.82) is 0 Å². The van der Waals surface area contributed by atoms with Crippen LogP contribution in [0.2, 0.25) is 0 Å². The Balaban J connectivity index is 4.58. The number of ketones is 1. The van der Waals surface area contributed by atoms with Crippen molar-refractivity contribution in [2.45, 2.75) is 38.8 Å². The van der Waals surface area contributed by atoms with Gasteiger partial charge in [0.15, 0.2) is 5.78 Å². The van der Waals surface area contributed by atoms with Crippen molar-refractivity contribution in [3.05, 3.63) is 0 Å². The zero-order chi connectivity index (χ0) is 11.4. The quantitative estimate of drug-likeness (QED) is 0.696. The molecule has 0 radical (unpaired) electrons. The number of nitrogens with one attached hydrogen (secondary N) is 1. The van der Waals surface area contributed by atoms with Gasteiger partial charge < -0.3 is 15.2 Å². The largest absolute Gasteiger partial charge is 0.453 e. The molecule has 0 rings (SSSR count). The first-order valence-electron chi connectivity index (χ1n) is 4.42. The second-order valence-electron chi connectivity index (χ2n) is 3.54. The minimum absolute atomic E-state index is 0.233. The van der Waals surface area contributed by atoms with Crippen LogP contribution in [0.25, 0.3) is 0 Å². The summed E-state index contributed by atoms with van der Waals surface area (Å²) in [6.45, 7) is 4.59. The Bertz CT molecular complexity index is 219. The van der Waals surface area contributed by atoms with Crippen LogP contribution >= 0.6 is 0 Å². The van der Waals surface area contributed by atoms with Gasteiger partial charge in [-0.3, -0.25) is 4.79 Å². The number of hydrogen-bond acceptors (Lipinski definition) is 4. The first-order chi connectivity index (χ1) is 6.32. The molecule has 0 saturated carbocycles. The number of methoxy groups -OCH3 is 1. The Labute approximate surface area is 83.4 Å². The van der Waals surface area contributed by atoms with Gasteiger partial charge in [-0.2, -0.15) is 0 Å². The van der Waals surface area contributed by atoms with E-state index in [1.807, 2.05) is 0 Å². The number of carbonyl (C=O) groups excluding carboxylic acids is 2. The molecule has 0 aliphatic heterocycles. The molecule has 82 valence electrons. The number of aliphatic hydroxyl groups is 1. The van der Waals surface area contributed by atoms with E-state index < -0.39 is 17.7 Å². The van der Waals surface area contributed by atoms with Gasteiger partial charge in [-0.1, -0.05) is 6.92 Å². The predicted molar refractivity (Wildman–Crippen MR) is 50.9 cm³/mol. The molecule has 2 N–H and O–H groups in total. The van der Waals surface area contributed by atoms with E-state index in [0.717, 1.165) is 0 Å². The van der Waals surface area contributed by atoms with E-state index in [1.54, 1.807) is 6.92 Å². The Hall–Kier alpha value is -1.10. The molecule has 0 spiro atoms. The first kappa shape index (κ1) is 12.9. The highest BCUT2D eigenvalue weighted by Crippen LogP contribution is 2.11. The lowest BCUT2D eigenvalue weighted by atomic mass is 9.94. The zero-order valence-corrected chi connectivity index (χ0v) is 8.96. The van der Waals surface area contributed by atoms with Crippen LogP contribution in [0.1, 0.15) is 27.2 Å². The van der Waals surface area contributed by atoms with Crippen molar-refractivity contribution in [2.75, 3.05) is 7.11 Å². The van der Waals surface area contributed by atoms with Gasteiger partial charge in [0.1, 0.15) is 6.04 Å². The van der Waals surface area contributed by atoms with Gasteiger partial charge in [0.25, 0.3) is 0 Å². The summed E-state index contributed by atoms with van der Waals surface area (Å²) < 4.78 is 4.36. The molecule has 0 fully saturated rings. The van der Waals surface area contributed by atoms with Gasteiger partial charge >= 0.3 is 6.09 Å². The van der Waals surface area contributed by atoms with E-state index in [9.17, 15) is 14.7 Å². The van der Waals surface area contributed by atoms with Gasteiger partial charge in [0.05, 0.1) is 12.7 Å². The summed E-state index contributed by atoms with van der Waals surface area (Å²) in [5.41, 5.74) is -1.29. The average Bonchev–Trinajstić information content (AvgIpc) is 2.10. The second-order valence-corrected chi connectivity index (χ2v) is 3.54. The van der Waals surface area contributed by atoms with E-state index in [0.29, 0.717) is 0 Å². The number of rotatable bonds is 4. The summed E-state index contributed by atoms with van der Waals surface area (Å²) >= 11 is 0. The molecule has 5 nitrogen and oxygen atoms in total. The summed E-state index contributed by atoms with van der Waals surface area (Å²) in [4.78, 5) is 22.3. The van der Waals surface area contributed by atoms with Gasteiger partial charge in [-0.15, -0.1) is 0 Å². The van der Waals surface area contributed by atoms with Crippen molar-refractivity contribution < 1.29 is 19.4 Å². The number of ether oxygens (including phenoxy) is 1. The topological polar surface area (TPSA) is 75.6 Å². The molecule has 0 bridgehead atoms. The van der Waals surface area contributed by atoms with Crippen LogP contribution < -0.4 is 5.32 Å². The summed E-state index contributed by atoms with van der Waals surface area (Å²) in [5.74, 6) is -0.233. The monoisotopic (exact) mass is 203 g/mol. The number of amides is 1. The highest BCUT2D eigenvalue weighted by Gasteiger charge is 2.33. The lowest BCUT2D eigenvalue weighted by molar-refractivity contribution is -0.126. The average molecular weight is 203 g/mol. The Morgan fingerprint density at radius 3 is 2.29 bits per heavy atom. The number of alkyl carbamates (subject to hydrolysis) is 1. The third kappa shape index (κ3) is 3.74. The molecule has 0 aliphatic rings. The van der Waals surface area contributed by atoms with Gasteiger partial charge in [-0.05, 0) is 13.8 Å². The minimum atomic E-state index is -1.29. The number of Topliss-reactive ketones (excluding diaryl/α,β-unsaturated/α-hetero) is 1.